The average molecular weight is 428 g/mol. The highest BCUT2D eigenvalue weighted by atomic mass is 16.5. The summed E-state index contributed by atoms with van der Waals surface area (Å²) in [6.07, 6.45) is 0.204. The Morgan fingerprint density at radius 2 is 1.94 bits per heavy atom. The lowest BCUT2D eigenvalue weighted by molar-refractivity contribution is -0.116. The molecular weight excluding hydrogens is 398 g/mol. The fourth-order valence-electron chi connectivity index (χ4n) is 4.29. The normalized spacial score (nSPS) is 19.5. The van der Waals surface area contributed by atoms with E-state index in [-0.39, 0.29) is 23.9 Å². The van der Waals surface area contributed by atoms with Crippen LogP contribution in [0.3, 0.4) is 0 Å². The molecule has 31 heavy (non-hydrogen) atoms. The molecule has 0 aliphatic carbocycles. The van der Waals surface area contributed by atoms with E-state index in [1.54, 1.807) is 0 Å². The zero-order chi connectivity index (χ0) is 21.8. The van der Waals surface area contributed by atoms with Gasteiger partial charge >= 0.3 is 5.97 Å². The van der Waals surface area contributed by atoms with Crippen LogP contribution >= 0.6 is 0 Å². The Bertz CT molecular complexity index is 936. The molecule has 2 N–H and O–H groups in total. The van der Waals surface area contributed by atoms with Crippen LogP contribution in [0.2, 0.25) is 0 Å². The van der Waals surface area contributed by atoms with Crippen molar-refractivity contribution in [2.45, 2.75) is 19.3 Å². The van der Waals surface area contributed by atoms with Crippen LogP contribution in [0.5, 0.6) is 5.75 Å². The summed E-state index contributed by atoms with van der Waals surface area (Å²) in [4.78, 5) is 29.4. The number of methoxy groups -OCH3 is 1. The standard InChI is InChI=1S/C22H29N5O4/c1-3-26-8-10-27(11-9-26)12-13-31-17-7-5-4-6-15(17)16-14-18(28)23-21-19(16)20(24-25-21)22(29)30-2/h4-7,16H,3,8-14H2,1-2H3,(H2,23,24,25,28). The van der Waals surface area contributed by atoms with Crippen molar-refractivity contribution >= 4 is 17.7 Å². The fraction of sp³-hybridized carbons (Fsp3) is 0.500. The molecule has 1 saturated heterocycles. The van der Waals surface area contributed by atoms with E-state index in [0.29, 0.717) is 18.0 Å². The summed E-state index contributed by atoms with van der Waals surface area (Å²) in [6, 6.07) is 7.68. The van der Waals surface area contributed by atoms with E-state index in [2.05, 4.69) is 32.2 Å². The maximum Gasteiger partial charge on any atom is 0.356 e. The maximum absolute atomic E-state index is 12.3. The van der Waals surface area contributed by atoms with E-state index >= 15 is 0 Å². The van der Waals surface area contributed by atoms with Crippen molar-refractivity contribution in [3.8, 4) is 5.75 Å². The highest BCUT2D eigenvalue weighted by Crippen LogP contribution is 2.41. The van der Waals surface area contributed by atoms with Crippen molar-refractivity contribution in [3.63, 3.8) is 0 Å². The van der Waals surface area contributed by atoms with E-state index in [0.717, 1.165) is 50.6 Å². The molecule has 1 amide bonds. The van der Waals surface area contributed by atoms with Crippen LogP contribution in [0.1, 0.15) is 40.9 Å². The summed E-state index contributed by atoms with van der Waals surface area (Å²) in [7, 11) is 1.32. The second-order valence-corrected chi connectivity index (χ2v) is 7.82. The number of H-pyrrole nitrogens is 1. The molecule has 2 aliphatic rings. The van der Waals surface area contributed by atoms with Crippen molar-refractivity contribution in [1.82, 2.24) is 20.0 Å². The summed E-state index contributed by atoms with van der Waals surface area (Å²) < 4.78 is 11.1. The first-order valence-electron chi connectivity index (χ1n) is 10.7. The van der Waals surface area contributed by atoms with E-state index in [1.807, 2.05) is 24.3 Å². The minimum absolute atomic E-state index is 0.149. The second-order valence-electron chi connectivity index (χ2n) is 7.82. The van der Waals surface area contributed by atoms with Crippen molar-refractivity contribution in [3.05, 3.63) is 41.1 Å². The first-order valence-corrected chi connectivity index (χ1v) is 10.7. The molecule has 4 rings (SSSR count). The third-order valence-corrected chi connectivity index (χ3v) is 6.06. The quantitative estimate of drug-likeness (QED) is 0.649. The van der Waals surface area contributed by atoms with Crippen LogP contribution in [-0.4, -0.2) is 84.9 Å². The predicted molar refractivity (Wildman–Crippen MR) is 116 cm³/mol. The molecule has 0 bridgehead atoms. The van der Waals surface area contributed by atoms with Crippen LogP contribution in [0.4, 0.5) is 5.82 Å². The number of rotatable bonds is 7. The predicted octanol–water partition coefficient (Wildman–Crippen LogP) is 1.69. The van der Waals surface area contributed by atoms with Crippen molar-refractivity contribution < 1.29 is 19.1 Å². The maximum atomic E-state index is 12.3. The first kappa shape index (κ1) is 21.3. The number of nitrogens with zero attached hydrogens (tertiary/aromatic N) is 3. The van der Waals surface area contributed by atoms with E-state index in [1.165, 1.54) is 7.11 Å². The van der Waals surface area contributed by atoms with Crippen LogP contribution in [0.25, 0.3) is 0 Å². The van der Waals surface area contributed by atoms with Gasteiger partial charge in [-0.1, -0.05) is 25.1 Å². The minimum Gasteiger partial charge on any atom is -0.492 e. The number of ether oxygens (including phenoxy) is 2. The Morgan fingerprint density at radius 3 is 2.68 bits per heavy atom. The molecule has 0 radical (unpaired) electrons. The van der Waals surface area contributed by atoms with E-state index in [9.17, 15) is 9.59 Å². The molecule has 0 saturated carbocycles. The number of piperazine rings is 1. The van der Waals surface area contributed by atoms with Crippen molar-refractivity contribution in [1.29, 1.82) is 0 Å². The van der Waals surface area contributed by atoms with Gasteiger partial charge in [0, 0.05) is 56.2 Å². The number of fused-ring (bicyclic) bond motifs is 1. The Hall–Kier alpha value is -2.91. The van der Waals surface area contributed by atoms with Gasteiger partial charge in [0.2, 0.25) is 5.91 Å². The Kier molecular flexibility index (Phi) is 6.53. The van der Waals surface area contributed by atoms with E-state index < -0.39 is 5.97 Å². The first-order chi connectivity index (χ1) is 15.1. The zero-order valence-electron chi connectivity index (χ0n) is 18.0. The number of carbonyl (C=O) groups excluding carboxylic acids is 2. The third kappa shape index (κ3) is 4.57. The number of aromatic nitrogens is 2. The number of amides is 1. The van der Waals surface area contributed by atoms with Gasteiger partial charge in [-0.15, -0.1) is 0 Å². The molecule has 1 atom stereocenters. The smallest absolute Gasteiger partial charge is 0.356 e. The van der Waals surface area contributed by atoms with Gasteiger partial charge in [-0.2, -0.15) is 5.10 Å². The summed E-state index contributed by atoms with van der Waals surface area (Å²) >= 11 is 0. The number of benzene rings is 1. The van der Waals surface area contributed by atoms with Gasteiger partial charge < -0.3 is 19.7 Å². The molecule has 1 unspecified atom stereocenters. The molecule has 9 nitrogen and oxygen atoms in total. The summed E-state index contributed by atoms with van der Waals surface area (Å²) in [6.45, 7) is 8.96. The lowest BCUT2D eigenvalue weighted by Crippen LogP contribution is -2.47. The van der Waals surface area contributed by atoms with Crippen molar-refractivity contribution in [2.24, 2.45) is 0 Å². The zero-order valence-corrected chi connectivity index (χ0v) is 18.0. The number of carbonyl (C=O) groups is 2. The van der Waals surface area contributed by atoms with Crippen LogP contribution in [-0.2, 0) is 9.53 Å². The number of aromatic amines is 1. The topological polar surface area (TPSA) is 99.8 Å². The number of para-hydroxylation sites is 1. The number of hydrogen-bond donors (Lipinski definition) is 2. The fourth-order valence-corrected chi connectivity index (χ4v) is 4.29. The van der Waals surface area contributed by atoms with Gasteiger partial charge in [0.15, 0.2) is 5.82 Å². The Labute approximate surface area is 181 Å². The van der Waals surface area contributed by atoms with Gasteiger partial charge in [-0.25, -0.2) is 4.79 Å². The molecule has 2 aromatic rings. The molecule has 1 fully saturated rings. The van der Waals surface area contributed by atoms with Gasteiger partial charge in [0.05, 0.1) is 7.11 Å². The Morgan fingerprint density at radius 1 is 1.19 bits per heavy atom. The third-order valence-electron chi connectivity index (χ3n) is 6.06. The summed E-state index contributed by atoms with van der Waals surface area (Å²) in [5.74, 6) is 0.0760. The molecular formula is C22H29N5O4. The average Bonchev–Trinajstić information content (AvgIpc) is 3.22. The molecule has 3 heterocycles. The molecule has 9 heteroatoms. The lowest BCUT2D eigenvalue weighted by Gasteiger charge is -2.34. The number of nitrogens with one attached hydrogen (secondary N) is 2. The molecule has 1 aromatic carbocycles. The highest BCUT2D eigenvalue weighted by molar-refractivity contribution is 5.99. The van der Waals surface area contributed by atoms with Gasteiger partial charge in [-0.3, -0.25) is 14.8 Å². The number of esters is 1. The lowest BCUT2D eigenvalue weighted by atomic mass is 9.85. The Balaban J connectivity index is 1.51. The monoisotopic (exact) mass is 427 g/mol. The molecule has 0 spiro atoms. The second kappa shape index (κ2) is 9.49. The van der Waals surface area contributed by atoms with Gasteiger partial charge in [0.1, 0.15) is 18.1 Å². The number of likely N-dealkylation sites (N-methyl/N-ethyl adjacent to an activating group) is 1. The molecule has 2 aliphatic heterocycles. The van der Waals surface area contributed by atoms with Crippen LogP contribution in [0.15, 0.2) is 24.3 Å². The summed E-state index contributed by atoms with van der Waals surface area (Å²) in [5, 5.41) is 9.55. The number of hydrogen-bond acceptors (Lipinski definition) is 7. The highest BCUT2D eigenvalue weighted by Gasteiger charge is 2.35. The molecule has 1 aromatic heterocycles. The SMILES string of the molecule is CCN1CCN(CCOc2ccccc2C2CC(=O)Nc3n[nH]c(C(=O)OC)c32)CC1. The van der Waals surface area contributed by atoms with Crippen LogP contribution in [0, 0.1) is 0 Å². The molecule has 166 valence electrons. The summed E-state index contributed by atoms with van der Waals surface area (Å²) in [5.41, 5.74) is 1.75. The van der Waals surface area contributed by atoms with Crippen LogP contribution < -0.4 is 10.1 Å². The largest absolute Gasteiger partial charge is 0.492 e. The van der Waals surface area contributed by atoms with Gasteiger partial charge in [0.25, 0.3) is 0 Å². The van der Waals surface area contributed by atoms with E-state index in [4.69, 9.17) is 9.47 Å². The van der Waals surface area contributed by atoms with Crippen molar-refractivity contribution in [2.75, 3.05) is 58.3 Å². The number of anilines is 1. The minimum atomic E-state index is -0.514. The van der Waals surface area contributed by atoms with Gasteiger partial charge in [-0.05, 0) is 12.6 Å².